The maximum absolute atomic E-state index is 12.6. The molecule has 0 N–H and O–H groups in total. The van der Waals surface area contributed by atoms with Crippen molar-refractivity contribution in [3.63, 3.8) is 0 Å². The van der Waals surface area contributed by atoms with Crippen LogP contribution in [0.3, 0.4) is 0 Å². The fraction of sp³-hybridized carbons (Fsp3) is 0.172. The number of hydrogen-bond acceptors (Lipinski definition) is 5. The first-order chi connectivity index (χ1) is 16.6. The van der Waals surface area contributed by atoms with E-state index in [1.165, 1.54) is 19.4 Å². The lowest BCUT2D eigenvalue weighted by Gasteiger charge is -2.24. The smallest absolute Gasteiger partial charge is 0.330 e. The monoisotopic (exact) mass is 485 g/mol. The molecule has 0 radical (unpaired) electrons. The third kappa shape index (κ3) is 5.03. The van der Waals surface area contributed by atoms with E-state index in [0.29, 0.717) is 0 Å². The highest BCUT2D eigenvalue weighted by Crippen LogP contribution is 2.37. The van der Waals surface area contributed by atoms with Crippen LogP contribution >= 0.6 is 0 Å². The molecule has 0 saturated heterocycles. The van der Waals surface area contributed by atoms with E-state index in [1.54, 1.807) is 26.1 Å². The second-order valence-electron chi connectivity index (χ2n) is 8.94. The third-order valence-electron chi connectivity index (χ3n) is 6.33. The molecule has 35 heavy (non-hydrogen) atoms. The van der Waals surface area contributed by atoms with Crippen LogP contribution in [0.2, 0.25) is 0 Å². The molecule has 3 aromatic carbocycles. The molecule has 0 aliphatic rings. The lowest BCUT2D eigenvalue weighted by atomic mass is 9.92. The van der Waals surface area contributed by atoms with E-state index in [0.717, 1.165) is 44.3 Å². The normalized spacial score (nSPS) is 12.2. The summed E-state index contributed by atoms with van der Waals surface area (Å²) in [6.07, 6.45) is 6.12. The van der Waals surface area contributed by atoms with E-state index < -0.39 is 20.6 Å². The molecule has 0 saturated carbocycles. The summed E-state index contributed by atoms with van der Waals surface area (Å²) in [7, 11) is -2.01. The summed E-state index contributed by atoms with van der Waals surface area (Å²) in [6, 6.07) is 23.6. The second-order valence-corrected chi connectivity index (χ2v) is 11.5. The van der Waals surface area contributed by atoms with Gasteiger partial charge in [0.15, 0.2) is 9.84 Å². The average Bonchev–Trinajstić information content (AvgIpc) is 2.86. The Morgan fingerprint density at radius 2 is 1.60 bits per heavy atom. The summed E-state index contributed by atoms with van der Waals surface area (Å²) >= 11 is 0. The summed E-state index contributed by atoms with van der Waals surface area (Å²) in [4.78, 5) is 16.1. The SMILES string of the molecule is COC(=O)C=Cc1cccc(-c2cccc(-c3cc(C(C)(C)S(C)(=O)=O)cc4cccnc34)c2)c1. The Hall–Kier alpha value is -3.77. The van der Waals surface area contributed by atoms with Crippen LogP contribution < -0.4 is 0 Å². The number of pyridine rings is 1. The Bertz CT molecular complexity index is 1550. The van der Waals surface area contributed by atoms with Gasteiger partial charge < -0.3 is 4.74 Å². The minimum absolute atomic E-state index is 0.409. The molecule has 6 heteroatoms. The molecule has 0 aliphatic heterocycles. The molecular formula is C29H27NO4S. The third-order valence-corrected chi connectivity index (χ3v) is 8.42. The van der Waals surface area contributed by atoms with Crippen molar-refractivity contribution in [2.45, 2.75) is 18.6 Å². The van der Waals surface area contributed by atoms with Crippen molar-refractivity contribution < 1.29 is 17.9 Å². The van der Waals surface area contributed by atoms with Crippen LogP contribution in [-0.4, -0.2) is 32.7 Å². The Kier molecular flexibility index (Phi) is 6.59. The van der Waals surface area contributed by atoms with Gasteiger partial charge >= 0.3 is 5.97 Å². The van der Waals surface area contributed by atoms with Gasteiger partial charge in [-0.3, -0.25) is 4.98 Å². The Morgan fingerprint density at radius 1 is 0.914 bits per heavy atom. The Morgan fingerprint density at radius 3 is 2.31 bits per heavy atom. The molecule has 0 fully saturated rings. The number of sulfone groups is 1. The van der Waals surface area contributed by atoms with Gasteiger partial charge in [-0.1, -0.05) is 42.5 Å². The van der Waals surface area contributed by atoms with Gasteiger partial charge in [0.2, 0.25) is 0 Å². The highest BCUT2D eigenvalue weighted by atomic mass is 32.2. The quantitative estimate of drug-likeness (QED) is 0.246. The van der Waals surface area contributed by atoms with Gasteiger partial charge in [0.1, 0.15) is 0 Å². The maximum Gasteiger partial charge on any atom is 0.330 e. The largest absolute Gasteiger partial charge is 0.466 e. The van der Waals surface area contributed by atoms with Crippen LogP contribution in [-0.2, 0) is 24.1 Å². The number of hydrogen-bond donors (Lipinski definition) is 0. The number of benzene rings is 3. The average molecular weight is 486 g/mol. The number of nitrogens with zero attached hydrogens (tertiary/aromatic N) is 1. The first-order valence-corrected chi connectivity index (χ1v) is 13.0. The number of ether oxygens (including phenoxy) is 1. The van der Waals surface area contributed by atoms with E-state index in [2.05, 4.69) is 15.8 Å². The van der Waals surface area contributed by atoms with Crippen molar-refractivity contribution >= 4 is 32.8 Å². The van der Waals surface area contributed by atoms with Crippen LogP contribution in [0.25, 0.3) is 39.2 Å². The van der Waals surface area contributed by atoms with Crippen LogP contribution in [0, 0.1) is 0 Å². The minimum atomic E-state index is -3.35. The first-order valence-electron chi connectivity index (χ1n) is 11.2. The van der Waals surface area contributed by atoms with Crippen molar-refractivity contribution in [2.24, 2.45) is 0 Å². The molecule has 178 valence electrons. The molecule has 1 aromatic heterocycles. The van der Waals surface area contributed by atoms with E-state index in [1.807, 2.05) is 66.7 Å². The van der Waals surface area contributed by atoms with E-state index in [9.17, 15) is 13.2 Å². The minimum Gasteiger partial charge on any atom is -0.466 e. The predicted octanol–water partition coefficient (Wildman–Crippen LogP) is 6.03. The van der Waals surface area contributed by atoms with Gasteiger partial charge in [-0.25, -0.2) is 13.2 Å². The van der Waals surface area contributed by atoms with Gasteiger partial charge in [-0.05, 0) is 78.1 Å². The summed E-state index contributed by atoms with van der Waals surface area (Å²) < 4.78 is 28.8. The molecule has 4 aromatic rings. The van der Waals surface area contributed by atoms with Crippen molar-refractivity contribution in [1.29, 1.82) is 0 Å². The summed E-state index contributed by atoms with van der Waals surface area (Å²) in [5.74, 6) is -0.409. The molecule has 1 heterocycles. The molecule has 0 spiro atoms. The highest BCUT2D eigenvalue weighted by molar-refractivity contribution is 7.91. The molecular weight excluding hydrogens is 458 g/mol. The predicted molar refractivity (Wildman–Crippen MR) is 142 cm³/mol. The molecule has 0 amide bonds. The second kappa shape index (κ2) is 9.47. The maximum atomic E-state index is 12.6. The van der Waals surface area contributed by atoms with Crippen LogP contribution in [0.15, 0.2) is 85.1 Å². The summed E-state index contributed by atoms with van der Waals surface area (Å²) in [5.41, 5.74) is 6.20. The van der Waals surface area contributed by atoms with Gasteiger partial charge in [0, 0.05) is 29.5 Å². The van der Waals surface area contributed by atoms with Crippen LogP contribution in [0.1, 0.15) is 25.0 Å². The number of rotatable bonds is 6. The zero-order valence-corrected chi connectivity index (χ0v) is 21.0. The number of esters is 1. The summed E-state index contributed by atoms with van der Waals surface area (Å²) in [6.45, 7) is 3.46. The lowest BCUT2D eigenvalue weighted by molar-refractivity contribution is -0.134. The van der Waals surface area contributed by atoms with E-state index in [-0.39, 0.29) is 0 Å². The molecule has 0 atom stereocenters. The van der Waals surface area contributed by atoms with Crippen molar-refractivity contribution in [3.05, 3.63) is 96.2 Å². The zero-order valence-electron chi connectivity index (χ0n) is 20.1. The number of fused-ring (bicyclic) bond motifs is 1. The zero-order chi connectivity index (χ0) is 25.2. The van der Waals surface area contributed by atoms with Crippen LogP contribution in [0.4, 0.5) is 0 Å². The number of carbonyl (C=O) groups excluding carboxylic acids is 1. The Labute approximate surface area is 206 Å². The molecule has 4 rings (SSSR count). The lowest BCUT2D eigenvalue weighted by Crippen LogP contribution is -2.28. The number of methoxy groups -OCH3 is 1. The van der Waals surface area contributed by atoms with E-state index in [4.69, 9.17) is 0 Å². The van der Waals surface area contributed by atoms with Gasteiger partial charge in [-0.15, -0.1) is 0 Å². The van der Waals surface area contributed by atoms with Crippen molar-refractivity contribution in [1.82, 2.24) is 4.98 Å². The summed E-state index contributed by atoms with van der Waals surface area (Å²) in [5, 5.41) is 0.886. The van der Waals surface area contributed by atoms with Gasteiger partial charge in [0.05, 0.1) is 17.4 Å². The number of aromatic nitrogens is 1. The van der Waals surface area contributed by atoms with E-state index >= 15 is 0 Å². The Balaban J connectivity index is 1.85. The van der Waals surface area contributed by atoms with Gasteiger partial charge in [-0.2, -0.15) is 0 Å². The van der Waals surface area contributed by atoms with Gasteiger partial charge in [0.25, 0.3) is 0 Å². The molecule has 5 nitrogen and oxygen atoms in total. The fourth-order valence-electron chi connectivity index (χ4n) is 3.89. The number of carbonyl (C=O) groups is 1. The topological polar surface area (TPSA) is 73.3 Å². The fourth-order valence-corrected chi connectivity index (χ4v) is 4.44. The van der Waals surface area contributed by atoms with Crippen molar-refractivity contribution in [3.8, 4) is 22.3 Å². The first kappa shape index (κ1) is 24.4. The van der Waals surface area contributed by atoms with Crippen molar-refractivity contribution in [2.75, 3.05) is 13.4 Å². The molecule has 0 aliphatic carbocycles. The molecule has 0 unspecified atom stereocenters. The molecule has 0 bridgehead atoms. The highest BCUT2D eigenvalue weighted by Gasteiger charge is 2.33. The standard InChI is InChI=1S/C29H27NO4S/c1-29(2,35(4,32)33)25-18-24-12-7-15-30-28(24)26(19-25)23-11-6-10-22(17-23)21-9-5-8-20(16-21)13-14-27(31)34-3/h5-19H,1-4H3. The van der Waals surface area contributed by atoms with Crippen LogP contribution in [0.5, 0.6) is 0 Å².